The van der Waals surface area contributed by atoms with Crippen LogP contribution in [0.2, 0.25) is 0 Å². The van der Waals surface area contributed by atoms with E-state index in [-0.39, 0.29) is 12.2 Å². The predicted molar refractivity (Wildman–Crippen MR) is 66.3 cm³/mol. The smallest absolute Gasteiger partial charge is 0.0988 e. The van der Waals surface area contributed by atoms with Gasteiger partial charge in [0.25, 0.3) is 0 Å². The number of nitrogens with zero attached hydrogens (tertiary/aromatic N) is 1. The Morgan fingerprint density at radius 2 is 1.81 bits per heavy atom. The van der Waals surface area contributed by atoms with Gasteiger partial charge in [-0.25, -0.2) is 0 Å². The lowest BCUT2D eigenvalue weighted by atomic mass is 10.2. The molecular weight excluding hydrogens is 202 g/mol. The maximum Gasteiger partial charge on any atom is 0.0988 e. The number of hydrogen-bond donors (Lipinski definition) is 2. The second-order valence-electron chi connectivity index (χ2n) is 4.12. The summed E-state index contributed by atoms with van der Waals surface area (Å²) >= 11 is 0. The third kappa shape index (κ3) is 3.62. The molecule has 1 aliphatic rings. The first-order chi connectivity index (χ1) is 7.52. The van der Waals surface area contributed by atoms with Crippen LogP contribution in [-0.4, -0.2) is 30.2 Å². The molecule has 1 aliphatic heterocycles. The van der Waals surface area contributed by atoms with Crippen LogP contribution in [0.25, 0.3) is 0 Å². The van der Waals surface area contributed by atoms with E-state index in [0.717, 1.165) is 13.1 Å². The molecule has 0 amide bonds. The molecule has 4 heteroatoms. The van der Waals surface area contributed by atoms with E-state index in [0.29, 0.717) is 11.5 Å². The molecule has 0 aromatic heterocycles. The van der Waals surface area contributed by atoms with Crippen molar-refractivity contribution >= 4 is 0 Å². The first-order valence-electron chi connectivity index (χ1n) is 5.48. The molecule has 1 rings (SSSR count). The number of nitrogens with two attached hydrogens (primary N) is 2. The zero-order valence-electron chi connectivity index (χ0n) is 10.0. The number of ether oxygens (including phenoxy) is 1. The summed E-state index contributed by atoms with van der Waals surface area (Å²) in [5.74, 6) is 0.715. The SMILES string of the molecule is C=C/C(N)=C\C=C(/N)N1C[C@@H](C)O[C@@H](C)C1. The Bertz CT molecular complexity index is 299. The van der Waals surface area contributed by atoms with Crippen LogP contribution in [0.3, 0.4) is 0 Å². The first-order valence-corrected chi connectivity index (χ1v) is 5.48. The minimum absolute atomic E-state index is 0.205. The molecule has 0 aromatic rings. The van der Waals surface area contributed by atoms with Gasteiger partial charge in [-0.05, 0) is 32.1 Å². The van der Waals surface area contributed by atoms with Gasteiger partial charge in [-0.15, -0.1) is 0 Å². The summed E-state index contributed by atoms with van der Waals surface area (Å²) in [6.45, 7) is 9.30. The molecule has 0 bridgehead atoms. The Hall–Kier alpha value is -1.42. The molecule has 1 saturated heterocycles. The van der Waals surface area contributed by atoms with Gasteiger partial charge in [-0.1, -0.05) is 6.58 Å². The van der Waals surface area contributed by atoms with E-state index in [9.17, 15) is 0 Å². The summed E-state index contributed by atoms with van der Waals surface area (Å²) in [4.78, 5) is 2.10. The quantitative estimate of drug-likeness (QED) is 0.698. The third-order valence-electron chi connectivity index (χ3n) is 2.47. The summed E-state index contributed by atoms with van der Waals surface area (Å²) in [7, 11) is 0. The van der Waals surface area contributed by atoms with Crippen LogP contribution in [0.4, 0.5) is 0 Å². The van der Waals surface area contributed by atoms with Gasteiger partial charge in [-0.3, -0.25) is 0 Å². The highest BCUT2D eigenvalue weighted by atomic mass is 16.5. The number of allylic oxidation sites excluding steroid dienone is 3. The Balaban J connectivity index is 2.65. The van der Waals surface area contributed by atoms with Crippen molar-refractivity contribution in [3.63, 3.8) is 0 Å². The van der Waals surface area contributed by atoms with Crippen molar-refractivity contribution in [1.29, 1.82) is 0 Å². The van der Waals surface area contributed by atoms with Gasteiger partial charge >= 0.3 is 0 Å². The monoisotopic (exact) mass is 223 g/mol. The topological polar surface area (TPSA) is 64.5 Å². The van der Waals surface area contributed by atoms with Crippen molar-refractivity contribution in [3.8, 4) is 0 Å². The van der Waals surface area contributed by atoms with E-state index in [2.05, 4.69) is 11.5 Å². The highest BCUT2D eigenvalue weighted by Gasteiger charge is 2.22. The Morgan fingerprint density at radius 3 is 2.31 bits per heavy atom. The van der Waals surface area contributed by atoms with Crippen LogP contribution in [0, 0.1) is 0 Å². The second-order valence-corrected chi connectivity index (χ2v) is 4.12. The molecule has 4 N–H and O–H groups in total. The van der Waals surface area contributed by atoms with Crippen LogP contribution >= 0.6 is 0 Å². The Labute approximate surface area is 97.2 Å². The average molecular weight is 223 g/mol. The number of hydrogen-bond acceptors (Lipinski definition) is 4. The average Bonchev–Trinajstić information content (AvgIpc) is 2.23. The van der Waals surface area contributed by atoms with Crippen molar-refractivity contribution in [1.82, 2.24) is 4.90 Å². The Kier molecular flexibility index (Phi) is 4.43. The van der Waals surface area contributed by atoms with Crippen molar-refractivity contribution in [2.45, 2.75) is 26.1 Å². The molecule has 1 heterocycles. The minimum Gasteiger partial charge on any atom is -0.399 e. The standard InChI is InChI=1S/C12H21N3O/c1-4-11(13)5-6-12(14)15-7-9(2)16-10(3)8-15/h4-6,9-10H,1,7-8,13-14H2,2-3H3/b11-5+,12-6+/t9-,10+. The van der Waals surface area contributed by atoms with Crippen molar-refractivity contribution < 1.29 is 4.74 Å². The van der Waals surface area contributed by atoms with Crippen molar-refractivity contribution in [2.24, 2.45) is 11.5 Å². The molecule has 0 radical (unpaired) electrons. The molecule has 90 valence electrons. The van der Waals surface area contributed by atoms with E-state index in [4.69, 9.17) is 16.2 Å². The second kappa shape index (κ2) is 5.61. The lowest BCUT2D eigenvalue weighted by Gasteiger charge is -2.36. The van der Waals surface area contributed by atoms with Gasteiger partial charge in [0.1, 0.15) is 0 Å². The van der Waals surface area contributed by atoms with E-state index < -0.39 is 0 Å². The van der Waals surface area contributed by atoms with Gasteiger partial charge in [0, 0.05) is 18.8 Å². The normalized spacial score (nSPS) is 28.0. The van der Waals surface area contributed by atoms with Crippen molar-refractivity contribution in [2.75, 3.05) is 13.1 Å². The first kappa shape index (κ1) is 12.6. The highest BCUT2D eigenvalue weighted by molar-refractivity contribution is 5.20. The molecule has 4 nitrogen and oxygen atoms in total. The summed E-state index contributed by atoms with van der Waals surface area (Å²) in [6.07, 6.45) is 5.57. The molecule has 16 heavy (non-hydrogen) atoms. The van der Waals surface area contributed by atoms with Gasteiger partial charge in [0.15, 0.2) is 0 Å². The predicted octanol–water partition coefficient (Wildman–Crippen LogP) is 0.924. The van der Waals surface area contributed by atoms with Gasteiger partial charge < -0.3 is 21.1 Å². The molecule has 1 fully saturated rings. The maximum absolute atomic E-state index is 5.97. The molecular formula is C12H21N3O. The largest absolute Gasteiger partial charge is 0.399 e. The number of morpholine rings is 1. The lowest BCUT2D eigenvalue weighted by Crippen LogP contribution is -2.46. The molecule has 0 unspecified atom stereocenters. The Morgan fingerprint density at radius 1 is 1.25 bits per heavy atom. The molecule has 0 saturated carbocycles. The zero-order chi connectivity index (χ0) is 12.1. The van der Waals surface area contributed by atoms with E-state index in [1.807, 2.05) is 19.9 Å². The van der Waals surface area contributed by atoms with Crippen LogP contribution < -0.4 is 11.5 Å². The fraction of sp³-hybridized carbons (Fsp3) is 0.500. The zero-order valence-corrected chi connectivity index (χ0v) is 10.0. The summed E-state index contributed by atoms with van der Waals surface area (Å²) in [5.41, 5.74) is 12.2. The minimum atomic E-state index is 0.205. The van der Waals surface area contributed by atoms with Crippen LogP contribution in [0.5, 0.6) is 0 Å². The fourth-order valence-electron chi connectivity index (χ4n) is 1.74. The summed E-state index contributed by atoms with van der Waals surface area (Å²) in [5, 5.41) is 0. The summed E-state index contributed by atoms with van der Waals surface area (Å²) in [6, 6.07) is 0. The van der Waals surface area contributed by atoms with Gasteiger partial charge in [0.2, 0.25) is 0 Å². The van der Waals surface area contributed by atoms with Crippen LogP contribution in [-0.2, 0) is 4.74 Å². The van der Waals surface area contributed by atoms with E-state index in [1.165, 1.54) is 0 Å². The fourth-order valence-corrected chi connectivity index (χ4v) is 1.74. The van der Waals surface area contributed by atoms with E-state index >= 15 is 0 Å². The number of rotatable bonds is 3. The third-order valence-corrected chi connectivity index (χ3v) is 2.47. The maximum atomic E-state index is 5.97. The van der Waals surface area contributed by atoms with Crippen LogP contribution in [0.15, 0.2) is 36.3 Å². The molecule has 0 aliphatic carbocycles. The molecule has 0 spiro atoms. The van der Waals surface area contributed by atoms with Crippen LogP contribution in [0.1, 0.15) is 13.8 Å². The molecule has 0 aromatic carbocycles. The summed E-state index contributed by atoms with van der Waals surface area (Å²) < 4.78 is 5.63. The van der Waals surface area contributed by atoms with Gasteiger partial charge in [0.05, 0.1) is 18.0 Å². The van der Waals surface area contributed by atoms with Crippen molar-refractivity contribution in [3.05, 3.63) is 36.3 Å². The lowest BCUT2D eigenvalue weighted by molar-refractivity contribution is -0.0581. The van der Waals surface area contributed by atoms with E-state index in [1.54, 1.807) is 12.2 Å². The molecule has 2 atom stereocenters. The highest BCUT2D eigenvalue weighted by Crippen LogP contribution is 2.13. The van der Waals surface area contributed by atoms with Gasteiger partial charge in [-0.2, -0.15) is 0 Å².